The van der Waals surface area contributed by atoms with Crippen molar-refractivity contribution in [1.82, 2.24) is 10.2 Å². The first kappa shape index (κ1) is 22.4. The lowest BCUT2D eigenvalue weighted by Crippen LogP contribution is -2.37. The van der Waals surface area contributed by atoms with Gasteiger partial charge in [0.2, 0.25) is 5.91 Å². The van der Waals surface area contributed by atoms with Crippen molar-refractivity contribution < 1.29 is 14.3 Å². The van der Waals surface area contributed by atoms with E-state index < -0.39 is 0 Å². The van der Waals surface area contributed by atoms with E-state index >= 15 is 0 Å². The number of benzene rings is 2. The van der Waals surface area contributed by atoms with E-state index in [0.717, 1.165) is 11.3 Å². The standard InChI is InChI=1S/C23H26Cl2N2O3/c1-14(2)11-26-22(28)20-13-27(23(29)18-9-6-16(24)10-21(18)25)12-19(20)15-4-7-17(30-3)8-5-15/h4-10,14,19-20H,11-13H2,1-3H3,(H,26,28). The first-order chi connectivity index (χ1) is 14.3. The fourth-order valence-electron chi connectivity index (χ4n) is 3.69. The van der Waals surface area contributed by atoms with Crippen LogP contribution in [0, 0.1) is 11.8 Å². The summed E-state index contributed by atoms with van der Waals surface area (Å²) in [5.41, 5.74) is 1.38. The summed E-state index contributed by atoms with van der Waals surface area (Å²) in [5.74, 6) is 0.403. The SMILES string of the molecule is COc1ccc(C2CN(C(=O)c3ccc(Cl)cc3Cl)CC2C(=O)NCC(C)C)cc1. The summed E-state index contributed by atoms with van der Waals surface area (Å²) in [6, 6.07) is 12.5. The van der Waals surface area contributed by atoms with Crippen molar-refractivity contribution >= 4 is 35.0 Å². The van der Waals surface area contributed by atoms with Crippen LogP contribution in [0.3, 0.4) is 0 Å². The summed E-state index contributed by atoms with van der Waals surface area (Å²) in [7, 11) is 1.61. The molecule has 2 unspecified atom stereocenters. The number of likely N-dealkylation sites (tertiary alicyclic amines) is 1. The van der Waals surface area contributed by atoms with Crippen molar-refractivity contribution in [1.29, 1.82) is 0 Å². The van der Waals surface area contributed by atoms with Crippen molar-refractivity contribution in [2.45, 2.75) is 19.8 Å². The molecule has 1 aliphatic heterocycles. The van der Waals surface area contributed by atoms with E-state index in [9.17, 15) is 9.59 Å². The fourth-order valence-corrected chi connectivity index (χ4v) is 4.18. The molecule has 0 spiro atoms. The minimum Gasteiger partial charge on any atom is -0.497 e. The second kappa shape index (κ2) is 9.71. The Morgan fingerprint density at radius 1 is 1.13 bits per heavy atom. The number of methoxy groups -OCH3 is 1. The Bertz CT molecular complexity index is 915. The Hall–Kier alpha value is -2.24. The zero-order valence-corrected chi connectivity index (χ0v) is 18.8. The van der Waals surface area contributed by atoms with Crippen molar-refractivity contribution in [3.05, 3.63) is 63.6 Å². The molecule has 160 valence electrons. The lowest BCUT2D eigenvalue weighted by atomic mass is 9.88. The zero-order chi connectivity index (χ0) is 21.8. The largest absolute Gasteiger partial charge is 0.497 e. The van der Waals surface area contributed by atoms with Crippen LogP contribution in [0.2, 0.25) is 10.0 Å². The highest BCUT2D eigenvalue weighted by Gasteiger charge is 2.40. The summed E-state index contributed by atoms with van der Waals surface area (Å²) in [6.45, 7) is 5.46. The van der Waals surface area contributed by atoms with Crippen LogP contribution >= 0.6 is 23.2 Å². The average molecular weight is 449 g/mol. The number of nitrogens with one attached hydrogen (secondary N) is 1. The highest BCUT2D eigenvalue weighted by Crippen LogP contribution is 2.35. The van der Waals surface area contributed by atoms with E-state index in [4.69, 9.17) is 27.9 Å². The van der Waals surface area contributed by atoms with Gasteiger partial charge in [-0.3, -0.25) is 9.59 Å². The maximum absolute atomic E-state index is 13.1. The van der Waals surface area contributed by atoms with Crippen molar-refractivity contribution in [3.63, 3.8) is 0 Å². The quantitative estimate of drug-likeness (QED) is 0.700. The number of amides is 2. The second-order valence-corrected chi connectivity index (χ2v) is 8.80. The zero-order valence-electron chi connectivity index (χ0n) is 17.3. The van der Waals surface area contributed by atoms with Gasteiger partial charge in [-0.2, -0.15) is 0 Å². The minimum absolute atomic E-state index is 0.0398. The first-order valence-corrected chi connectivity index (χ1v) is 10.7. The lowest BCUT2D eigenvalue weighted by molar-refractivity contribution is -0.125. The van der Waals surface area contributed by atoms with Gasteiger partial charge in [-0.15, -0.1) is 0 Å². The molecule has 1 saturated heterocycles. The topological polar surface area (TPSA) is 58.6 Å². The van der Waals surface area contributed by atoms with Gasteiger partial charge in [0, 0.05) is 30.6 Å². The fraction of sp³-hybridized carbons (Fsp3) is 0.391. The third-order valence-electron chi connectivity index (χ3n) is 5.33. The average Bonchev–Trinajstić information content (AvgIpc) is 3.17. The molecule has 2 aromatic carbocycles. The molecule has 5 nitrogen and oxygen atoms in total. The van der Waals surface area contributed by atoms with Crippen LogP contribution in [0.25, 0.3) is 0 Å². The smallest absolute Gasteiger partial charge is 0.255 e. The van der Waals surface area contributed by atoms with E-state index in [1.165, 1.54) is 0 Å². The van der Waals surface area contributed by atoms with E-state index in [-0.39, 0.29) is 23.7 Å². The molecule has 1 aliphatic rings. The Kier molecular flexibility index (Phi) is 7.27. The molecule has 2 aromatic rings. The maximum Gasteiger partial charge on any atom is 0.255 e. The number of hydrogen-bond donors (Lipinski definition) is 1. The normalized spacial score (nSPS) is 18.5. The number of carbonyl (C=O) groups is 2. The first-order valence-electron chi connectivity index (χ1n) is 9.96. The van der Waals surface area contributed by atoms with Gasteiger partial charge in [0.05, 0.1) is 23.6 Å². The Morgan fingerprint density at radius 3 is 2.43 bits per heavy atom. The predicted octanol–water partition coefficient (Wildman–Crippen LogP) is 4.63. The Balaban J connectivity index is 1.86. The van der Waals surface area contributed by atoms with Crippen LogP contribution in [0.1, 0.15) is 35.7 Å². The third-order valence-corrected chi connectivity index (χ3v) is 5.88. The molecule has 1 fully saturated rings. The molecule has 0 saturated carbocycles. The molecule has 0 aliphatic carbocycles. The summed E-state index contributed by atoms with van der Waals surface area (Å²) < 4.78 is 5.24. The van der Waals surface area contributed by atoms with Gasteiger partial charge in [0.25, 0.3) is 5.91 Å². The van der Waals surface area contributed by atoms with E-state index in [0.29, 0.717) is 41.2 Å². The number of ether oxygens (including phenoxy) is 1. The molecule has 7 heteroatoms. The van der Waals surface area contributed by atoms with E-state index in [1.54, 1.807) is 30.2 Å². The van der Waals surface area contributed by atoms with Gasteiger partial charge in [-0.1, -0.05) is 49.2 Å². The van der Waals surface area contributed by atoms with Gasteiger partial charge in [0.15, 0.2) is 0 Å². The molecule has 2 atom stereocenters. The number of hydrogen-bond acceptors (Lipinski definition) is 3. The number of halogens is 2. The molecule has 0 aromatic heterocycles. The highest BCUT2D eigenvalue weighted by molar-refractivity contribution is 6.36. The van der Waals surface area contributed by atoms with Gasteiger partial charge >= 0.3 is 0 Å². The molecule has 0 bridgehead atoms. The minimum atomic E-state index is -0.341. The van der Waals surface area contributed by atoms with E-state index in [2.05, 4.69) is 5.32 Å². The van der Waals surface area contributed by atoms with Crippen molar-refractivity contribution in [2.75, 3.05) is 26.7 Å². The van der Waals surface area contributed by atoms with Crippen LogP contribution in [-0.4, -0.2) is 43.5 Å². The monoisotopic (exact) mass is 448 g/mol. The summed E-state index contributed by atoms with van der Waals surface area (Å²) in [5, 5.41) is 3.80. The van der Waals surface area contributed by atoms with Crippen LogP contribution in [0.15, 0.2) is 42.5 Å². The predicted molar refractivity (Wildman–Crippen MR) is 119 cm³/mol. The van der Waals surface area contributed by atoms with Crippen LogP contribution < -0.4 is 10.1 Å². The summed E-state index contributed by atoms with van der Waals surface area (Å²) in [4.78, 5) is 27.8. The van der Waals surface area contributed by atoms with Crippen LogP contribution in [0.4, 0.5) is 0 Å². The maximum atomic E-state index is 13.1. The second-order valence-electron chi connectivity index (χ2n) is 7.96. The molecule has 1 heterocycles. The third kappa shape index (κ3) is 5.08. The highest BCUT2D eigenvalue weighted by atomic mass is 35.5. The summed E-state index contributed by atoms with van der Waals surface area (Å²) >= 11 is 12.2. The molecular formula is C23H26Cl2N2O3. The lowest BCUT2D eigenvalue weighted by Gasteiger charge is -2.19. The Labute approximate surface area is 187 Å². The number of rotatable bonds is 6. The van der Waals surface area contributed by atoms with Gasteiger partial charge in [-0.05, 0) is 41.8 Å². The van der Waals surface area contributed by atoms with Crippen molar-refractivity contribution in [3.8, 4) is 5.75 Å². The number of nitrogens with zero attached hydrogens (tertiary/aromatic N) is 1. The molecular weight excluding hydrogens is 423 g/mol. The van der Waals surface area contributed by atoms with Gasteiger partial charge < -0.3 is 15.0 Å². The molecule has 3 rings (SSSR count). The number of carbonyl (C=O) groups excluding carboxylic acids is 2. The van der Waals surface area contributed by atoms with Crippen molar-refractivity contribution in [2.24, 2.45) is 11.8 Å². The Morgan fingerprint density at radius 2 is 1.83 bits per heavy atom. The van der Waals surface area contributed by atoms with Gasteiger partial charge in [0.1, 0.15) is 5.75 Å². The molecule has 1 N–H and O–H groups in total. The van der Waals surface area contributed by atoms with E-state index in [1.807, 2.05) is 38.1 Å². The molecule has 2 amide bonds. The molecule has 30 heavy (non-hydrogen) atoms. The molecule has 0 radical (unpaired) electrons. The van der Waals surface area contributed by atoms with Gasteiger partial charge in [-0.25, -0.2) is 0 Å². The van der Waals surface area contributed by atoms with Crippen LogP contribution in [-0.2, 0) is 4.79 Å². The summed E-state index contributed by atoms with van der Waals surface area (Å²) in [6.07, 6.45) is 0. The van der Waals surface area contributed by atoms with Crippen LogP contribution in [0.5, 0.6) is 5.75 Å².